The summed E-state index contributed by atoms with van der Waals surface area (Å²) in [6.45, 7) is 2.55. The molecule has 0 radical (unpaired) electrons. The molecule has 72 valence electrons. The molecule has 0 atom stereocenters. The number of rotatable bonds is 1. The molecule has 4 nitrogen and oxygen atoms in total. The standard InChI is InChI=1S/C10H11N3O/c1-2-13-8-4-3-5-12-10(8)7(11)6-9(13)14/h3-6H,2,11H2,1H3. The molecule has 0 aliphatic rings. The van der Waals surface area contributed by atoms with E-state index in [1.165, 1.54) is 6.07 Å². The van der Waals surface area contributed by atoms with Crippen molar-refractivity contribution in [1.82, 2.24) is 9.55 Å². The van der Waals surface area contributed by atoms with E-state index in [-0.39, 0.29) is 5.56 Å². The molecule has 2 heterocycles. The number of hydrogen-bond acceptors (Lipinski definition) is 3. The van der Waals surface area contributed by atoms with E-state index in [0.29, 0.717) is 17.7 Å². The van der Waals surface area contributed by atoms with Gasteiger partial charge < -0.3 is 10.3 Å². The molecule has 0 aromatic carbocycles. The quantitative estimate of drug-likeness (QED) is 0.728. The first-order valence-electron chi connectivity index (χ1n) is 4.48. The van der Waals surface area contributed by atoms with Crippen molar-refractivity contribution in [3.63, 3.8) is 0 Å². The monoisotopic (exact) mass is 189 g/mol. The summed E-state index contributed by atoms with van der Waals surface area (Å²) < 4.78 is 1.65. The molecule has 0 bridgehead atoms. The maximum absolute atomic E-state index is 11.5. The Kier molecular flexibility index (Phi) is 1.96. The summed E-state index contributed by atoms with van der Waals surface area (Å²) in [5.74, 6) is 0. The van der Waals surface area contributed by atoms with E-state index < -0.39 is 0 Å². The van der Waals surface area contributed by atoms with E-state index in [0.717, 1.165) is 5.52 Å². The lowest BCUT2D eigenvalue weighted by Crippen LogP contribution is -2.19. The molecule has 2 N–H and O–H groups in total. The van der Waals surface area contributed by atoms with Crippen molar-refractivity contribution >= 4 is 16.7 Å². The summed E-state index contributed by atoms with van der Waals surface area (Å²) in [7, 11) is 0. The summed E-state index contributed by atoms with van der Waals surface area (Å²) in [4.78, 5) is 15.7. The molecule has 14 heavy (non-hydrogen) atoms. The summed E-state index contributed by atoms with van der Waals surface area (Å²) in [6.07, 6.45) is 1.67. The number of aromatic nitrogens is 2. The van der Waals surface area contributed by atoms with Crippen molar-refractivity contribution in [2.45, 2.75) is 13.5 Å². The van der Waals surface area contributed by atoms with Gasteiger partial charge in [0.1, 0.15) is 5.52 Å². The lowest BCUT2D eigenvalue weighted by Gasteiger charge is -2.07. The molecule has 2 rings (SSSR count). The third-order valence-electron chi connectivity index (χ3n) is 2.21. The molecule has 0 spiro atoms. The van der Waals surface area contributed by atoms with Gasteiger partial charge in [0.05, 0.1) is 11.2 Å². The van der Waals surface area contributed by atoms with Gasteiger partial charge in [-0.05, 0) is 19.1 Å². The largest absolute Gasteiger partial charge is 0.397 e. The van der Waals surface area contributed by atoms with Crippen LogP contribution < -0.4 is 11.3 Å². The highest BCUT2D eigenvalue weighted by Crippen LogP contribution is 2.14. The predicted molar refractivity (Wildman–Crippen MR) is 56.1 cm³/mol. The second-order valence-electron chi connectivity index (χ2n) is 3.05. The van der Waals surface area contributed by atoms with Crippen LogP contribution in [0.3, 0.4) is 0 Å². The summed E-state index contributed by atoms with van der Waals surface area (Å²) in [5.41, 5.74) is 7.55. The van der Waals surface area contributed by atoms with Crippen molar-refractivity contribution in [3.05, 3.63) is 34.7 Å². The van der Waals surface area contributed by atoms with Crippen LogP contribution in [0.5, 0.6) is 0 Å². The number of anilines is 1. The summed E-state index contributed by atoms with van der Waals surface area (Å²) >= 11 is 0. The minimum absolute atomic E-state index is 0.0782. The van der Waals surface area contributed by atoms with Gasteiger partial charge in [0, 0.05) is 18.8 Å². The van der Waals surface area contributed by atoms with Gasteiger partial charge in [-0.25, -0.2) is 0 Å². The smallest absolute Gasteiger partial charge is 0.253 e. The molecule has 2 aromatic rings. The van der Waals surface area contributed by atoms with Gasteiger partial charge in [0.25, 0.3) is 5.56 Å². The molecule has 0 aliphatic carbocycles. The second kappa shape index (κ2) is 3.14. The number of pyridine rings is 2. The maximum atomic E-state index is 11.5. The Morgan fingerprint density at radius 1 is 1.57 bits per heavy atom. The molecular formula is C10H11N3O. The zero-order chi connectivity index (χ0) is 10.1. The van der Waals surface area contributed by atoms with E-state index in [1.54, 1.807) is 16.8 Å². The Bertz CT molecular complexity index is 530. The third-order valence-corrected chi connectivity index (χ3v) is 2.21. The highest BCUT2D eigenvalue weighted by atomic mass is 16.1. The Balaban J connectivity index is 2.98. The van der Waals surface area contributed by atoms with Crippen LogP contribution in [0.15, 0.2) is 29.2 Å². The number of nitrogens with zero attached hydrogens (tertiary/aromatic N) is 2. The average Bonchev–Trinajstić information content (AvgIpc) is 2.18. The predicted octanol–water partition coefficient (Wildman–Crippen LogP) is 0.999. The molecule has 0 saturated heterocycles. The highest BCUT2D eigenvalue weighted by Gasteiger charge is 2.04. The first kappa shape index (κ1) is 8.74. The molecule has 0 saturated carbocycles. The Morgan fingerprint density at radius 2 is 2.36 bits per heavy atom. The minimum Gasteiger partial charge on any atom is -0.397 e. The Hall–Kier alpha value is -1.84. The fourth-order valence-corrected chi connectivity index (χ4v) is 1.56. The maximum Gasteiger partial charge on any atom is 0.253 e. The van der Waals surface area contributed by atoms with Crippen LogP contribution in [0.4, 0.5) is 5.69 Å². The van der Waals surface area contributed by atoms with Gasteiger partial charge in [-0.2, -0.15) is 0 Å². The number of fused-ring (bicyclic) bond motifs is 1. The summed E-state index contributed by atoms with van der Waals surface area (Å²) in [5, 5.41) is 0. The van der Waals surface area contributed by atoms with Crippen LogP contribution in [-0.2, 0) is 6.54 Å². The fourth-order valence-electron chi connectivity index (χ4n) is 1.56. The molecule has 0 amide bonds. The highest BCUT2D eigenvalue weighted by molar-refractivity contribution is 5.85. The normalized spacial score (nSPS) is 10.6. The first-order valence-corrected chi connectivity index (χ1v) is 4.48. The van der Waals surface area contributed by atoms with Crippen LogP contribution in [0.2, 0.25) is 0 Å². The van der Waals surface area contributed by atoms with Gasteiger partial charge in [0.15, 0.2) is 0 Å². The Labute approximate surface area is 81.0 Å². The van der Waals surface area contributed by atoms with E-state index in [2.05, 4.69) is 4.98 Å². The first-order chi connectivity index (χ1) is 6.74. The lowest BCUT2D eigenvalue weighted by molar-refractivity contribution is 0.759. The van der Waals surface area contributed by atoms with Crippen LogP contribution in [0.25, 0.3) is 11.0 Å². The van der Waals surface area contributed by atoms with Crippen molar-refractivity contribution in [3.8, 4) is 0 Å². The van der Waals surface area contributed by atoms with Gasteiger partial charge in [0.2, 0.25) is 0 Å². The van der Waals surface area contributed by atoms with E-state index >= 15 is 0 Å². The molecule has 0 fully saturated rings. The topological polar surface area (TPSA) is 60.9 Å². The molecule has 0 aliphatic heterocycles. The van der Waals surface area contributed by atoms with Crippen LogP contribution >= 0.6 is 0 Å². The van der Waals surface area contributed by atoms with E-state index in [1.807, 2.05) is 13.0 Å². The van der Waals surface area contributed by atoms with Gasteiger partial charge >= 0.3 is 0 Å². The number of hydrogen-bond donors (Lipinski definition) is 1. The lowest BCUT2D eigenvalue weighted by atomic mass is 10.2. The zero-order valence-corrected chi connectivity index (χ0v) is 7.90. The van der Waals surface area contributed by atoms with Gasteiger partial charge in [-0.1, -0.05) is 0 Å². The zero-order valence-electron chi connectivity index (χ0n) is 7.90. The van der Waals surface area contributed by atoms with Gasteiger partial charge in [-0.15, -0.1) is 0 Å². The van der Waals surface area contributed by atoms with Crippen LogP contribution in [0.1, 0.15) is 6.92 Å². The fraction of sp³-hybridized carbons (Fsp3) is 0.200. The van der Waals surface area contributed by atoms with Crippen LogP contribution in [0, 0.1) is 0 Å². The number of nitrogen functional groups attached to an aromatic ring is 1. The summed E-state index contributed by atoms with van der Waals surface area (Å²) in [6, 6.07) is 5.07. The molecule has 0 unspecified atom stereocenters. The minimum atomic E-state index is -0.0782. The number of nitrogens with two attached hydrogens (primary N) is 1. The molecule has 4 heteroatoms. The third kappa shape index (κ3) is 1.16. The van der Waals surface area contributed by atoms with Gasteiger partial charge in [-0.3, -0.25) is 9.78 Å². The van der Waals surface area contributed by atoms with Crippen molar-refractivity contribution in [1.29, 1.82) is 0 Å². The Morgan fingerprint density at radius 3 is 3.07 bits per heavy atom. The van der Waals surface area contributed by atoms with Crippen LogP contribution in [-0.4, -0.2) is 9.55 Å². The average molecular weight is 189 g/mol. The van der Waals surface area contributed by atoms with Crippen molar-refractivity contribution < 1.29 is 0 Å². The molecule has 2 aromatic heterocycles. The molecular weight excluding hydrogens is 178 g/mol. The number of aryl methyl sites for hydroxylation is 1. The SMILES string of the molecule is CCn1c(=O)cc(N)c2ncccc21. The van der Waals surface area contributed by atoms with E-state index in [4.69, 9.17) is 5.73 Å². The van der Waals surface area contributed by atoms with Crippen molar-refractivity contribution in [2.75, 3.05) is 5.73 Å². The van der Waals surface area contributed by atoms with E-state index in [9.17, 15) is 4.79 Å². The second-order valence-corrected chi connectivity index (χ2v) is 3.05. The van der Waals surface area contributed by atoms with Crippen molar-refractivity contribution in [2.24, 2.45) is 0 Å².